The normalized spacial score (nSPS) is 14.3. The Balaban J connectivity index is 0.0000122. The molecule has 0 aliphatic rings. The van der Waals surface area contributed by atoms with Crippen LogP contribution in [0.4, 0.5) is 0 Å². The summed E-state index contributed by atoms with van der Waals surface area (Å²) in [4.78, 5) is 24.9. The number of aliphatic hydroxyl groups excluding tert-OH is 1. The molecule has 2 amide bonds. The number of hydrogen-bond donors (Lipinski definition) is 4. The highest BCUT2D eigenvalue weighted by Crippen LogP contribution is 2.20. The third kappa shape index (κ3) is 13.4. The average molecular weight is 530 g/mol. The molecule has 0 spiro atoms. The molecule has 0 fully saturated rings. The van der Waals surface area contributed by atoms with Gasteiger partial charge in [-0.1, -0.05) is 40.2 Å². The van der Waals surface area contributed by atoms with E-state index in [1.807, 2.05) is 13.0 Å². The van der Waals surface area contributed by atoms with Gasteiger partial charge < -0.3 is 30.9 Å². The molecule has 8 nitrogen and oxygen atoms in total. The van der Waals surface area contributed by atoms with E-state index in [4.69, 9.17) is 15.2 Å². The van der Waals surface area contributed by atoms with Gasteiger partial charge in [0.25, 0.3) is 5.91 Å². The Morgan fingerprint density at radius 1 is 1.08 bits per heavy atom. The van der Waals surface area contributed by atoms with Crippen molar-refractivity contribution in [1.82, 2.24) is 10.6 Å². The van der Waals surface area contributed by atoms with Crippen LogP contribution in [0, 0.1) is 17.8 Å². The van der Waals surface area contributed by atoms with Gasteiger partial charge in [0, 0.05) is 50.8 Å². The Morgan fingerprint density at radius 3 is 2.44 bits per heavy atom. The highest BCUT2D eigenvalue weighted by atomic mass is 35.5. The van der Waals surface area contributed by atoms with E-state index in [-0.39, 0.29) is 42.0 Å². The zero-order valence-electron chi connectivity index (χ0n) is 22.6. The molecule has 0 heterocycles. The van der Waals surface area contributed by atoms with Gasteiger partial charge in [0.15, 0.2) is 0 Å². The van der Waals surface area contributed by atoms with Crippen LogP contribution in [0.2, 0.25) is 0 Å². The summed E-state index contributed by atoms with van der Waals surface area (Å²) >= 11 is 0. The second kappa shape index (κ2) is 19.3. The predicted molar refractivity (Wildman–Crippen MR) is 147 cm³/mol. The van der Waals surface area contributed by atoms with Gasteiger partial charge in [-0.3, -0.25) is 9.59 Å². The minimum Gasteiger partial charge on any atom is -0.493 e. The Hall–Kier alpha value is -1.87. The second-order valence-corrected chi connectivity index (χ2v) is 9.69. The van der Waals surface area contributed by atoms with Gasteiger partial charge in [-0.25, -0.2) is 0 Å². The van der Waals surface area contributed by atoms with Crippen LogP contribution < -0.4 is 21.1 Å². The molecule has 0 saturated heterocycles. The number of aliphatic hydroxyl groups is 1. The van der Waals surface area contributed by atoms with Crippen molar-refractivity contribution in [2.24, 2.45) is 23.5 Å². The Morgan fingerprint density at radius 2 is 1.81 bits per heavy atom. The molecule has 0 aliphatic carbocycles. The van der Waals surface area contributed by atoms with Gasteiger partial charge in [-0.2, -0.15) is 0 Å². The zero-order chi connectivity index (χ0) is 26.2. The molecule has 0 aliphatic heterocycles. The minimum absolute atomic E-state index is 0. The fourth-order valence-electron chi connectivity index (χ4n) is 3.75. The van der Waals surface area contributed by atoms with Crippen molar-refractivity contribution in [3.8, 4) is 5.75 Å². The van der Waals surface area contributed by atoms with Crippen molar-refractivity contribution in [3.63, 3.8) is 0 Å². The van der Waals surface area contributed by atoms with Gasteiger partial charge in [0.05, 0.1) is 12.7 Å². The first-order valence-electron chi connectivity index (χ1n) is 12.9. The number of ether oxygens (including phenoxy) is 2. The first kappa shape index (κ1) is 34.1. The summed E-state index contributed by atoms with van der Waals surface area (Å²) in [6, 6.07) is 6.63. The summed E-state index contributed by atoms with van der Waals surface area (Å²) in [7, 11) is 1.65. The van der Waals surface area contributed by atoms with Crippen LogP contribution in [0.25, 0.3) is 0 Å². The number of halogens is 1. The monoisotopic (exact) mass is 529 g/mol. The third-order valence-corrected chi connectivity index (χ3v) is 6.27. The van der Waals surface area contributed by atoms with Gasteiger partial charge >= 0.3 is 0 Å². The lowest BCUT2D eigenvalue weighted by molar-refractivity contribution is -0.125. The van der Waals surface area contributed by atoms with Crippen LogP contribution in [0.1, 0.15) is 70.2 Å². The van der Waals surface area contributed by atoms with Crippen LogP contribution >= 0.6 is 12.4 Å². The van der Waals surface area contributed by atoms with Crippen LogP contribution in [0.15, 0.2) is 24.3 Å². The molecular formula is C27H48ClN3O5. The summed E-state index contributed by atoms with van der Waals surface area (Å²) in [5.41, 5.74) is 6.84. The lowest BCUT2D eigenvalue weighted by atomic mass is 9.86. The molecule has 1 aromatic carbocycles. The minimum atomic E-state index is -0.786. The van der Waals surface area contributed by atoms with Gasteiger partial charge in [-0.05, 0) is 49.3 Å². The summed E-state index contributed by atoms with van der Waals surface area (Å²) in [5.74, 6) is 0.456. The number of nitrogens with one attached hydrogen (secondary N) is 2. The van der Waals surface area contributed by atoms with Crippen LogP contribution in [-0.2, 0) is 9.53 Å². The van der Waals surface area contributed by atoms with E-state index < -0.39 is 12.1 Å². The Bertz CT molecular complexity index is 750. The molecule has 9 heteroatoms. The van der Waals surface area contributed by atoms with Crippen molar-refractivity contribution in [3.05, 3.63) is 29.8 Å². The molecule has 4 atom stereocenters. The molecule has 0 bridgehead atoms. The summed E-state index contributed by atoms with van der Waals surface area (Å²) < 4.78 is 10.7. The topological polar surface area (TPSA) is 123 Å². The quantitative estimate of drug-likeness (QED) is 0.216. The fourth-order valence-corrected chi connectivity index (χ4v) is 3.75. The van der Waals surface area contributed by atoms with E-state index in [9.17, 15) is 14.7 Å². The number of carbonyl (C=O) groups excluding carboxylic acids is 2. The number of benzene rings is 1. The van der Waals surface area contributed by atoms with Crippen molar-refractivity contribution < 1.29 is 24.2 Å². The number of methoxy groups -OCH3 is 1. The number of nitrogens with two attached hydrogens (primary N) is 1. The SMILES string of the molecule is CCCCNC(=O)[C@H](C)C[C@H](O)[C@@H](N)C[C@H](CNC(=O)c1cccc(OCCCOC)c1)C(C)C.Cl. The summed E-state index contributed by atoms with van der Waals surface area (Å²) in [5, 5.41) is 16.5. The molecule has 0 aromatic heterocycles. The number of rotatable bonds is 18. The fraction of sp³-hybridized carbons (Fsp3) is 0.704. The molecule has 0 unspecified atom stereocenters. The van der Waals surface area contributed by atoms with Crippen LogP contribution in [0.5, 0.6) is 5.75 Å². The molecular weight excluding hydrogens is 482 g/mol. The molecule has 5 N–H and O–H groups in total. The molecule has 0 saturated carbocycles. The number of unbranched alkanes of at least 4 members (excludes halogenated alkanes) is 1. The second-order valence-electron chi connectivity index (χ2n) is 9.69. The van der Waals surface area contributed by atoms with Crippen LogP contribution in [0.3, 0.4) is 0 Å². The maximum absolute atomic E-state index is 12.7. The van der Waals surface area contributed by atoms with E-state index in [2.05, 4.69) is 31.4 Å². The maximum atomic E-state index is 12.7. The number of carbonyl (C=O) groups is 2. The van der Waals surface area contributed by atoms with Gasteiger partial charge in [0.1, 0.15) is 5.75 Å². The van der Waals surface area contributed by atoms with E-state index in [1.165, 1.54) is 0 Å². The first-order chi connectivity index (χ1) is 16.7. The van der Waals surface area contributed by atoms with Crippen molar-refractivity contribution in [2.75, 3.05) is 33.4 Å². The smallest absolute Gasteiger partial charge is 0.251 e. The van der Waals surface area contributed by atoms with Crippen molar-refractivity contribution >= 4 is 24.2 Å². The first-order valence-corrected chi connectivity index (χ1v) is 12.9. The van der Waals surface area contributed by atoms with E-state index in [0.29, 0.717) is 50.5 Å². The molecule has 0 radical (unpaired) electrons. The highest BCUT2D eigenvalue weighted by molar-refractivity contribution is 5.94. The standard InChI is InChI=1S/C27H47N3O5.ClH/c1-6-7-12-29-26(32)20(4)15-25(31)24(28)17-22(19(2)3)18-30-27(33)21-10-8-11-23(16-21)35-14-9-13-34-5;/h8,10-11,16,19-20,22,24-25,31H,6-7,9,12-15,17-18,28H2,1-5H3,(H,29,32)(H,30,33);1H/t20-,22-,24+,25+;/m1./s1. The Labute approximate surface area is 223 Å². The van der Waals surface area contributed by atoms with Gasteiger partial charge in [-0.15, -0.1) is 12.4 Å². The molecule has 1 rings (SSSR count). The summed E-state index contributed by atoms with van der Waals surface area (Å²) in [6.07, 6.45) is 2.81. The van der Waals surface area contributed by atoms with Crippen LogP contribution in [-0.4, -0.2) is 62.5 Å². The molecule has 208 valence electrons. The largest absolute Gasteiger partial charge is 0.493 e. The third-order valence-electron chi connectivity index (χ3n) is 6.27. The number of amides is 2. The predicted octanol–water partition coefficient (Wildman–Crippen LogP) is 3.55. The van der Waals surface area contributed by atoms with Gasteiger partial charge in [0.2, 0.25) is 5.91 Å². The van der Waals surface area contributed by atoms with E-state index in [1.54, 1.807) is 25.3 Å². The zero-order valence-corrected chi connectivity index (χ0v) is 23.4. The summed E-state index contributed by atoms with van der Waals surface area (Å²) in [6.45, 7) is 10.3. The lowest BCUT2D eigenvalue weighted by Gasteiger charge is -2.28. The number of hydrogen-bond acceptors (Lipinski definition) is 6. The van der Waals surface area contributed by atoms with E-state index in [0.717, 1.165) is 19.3 Å². The average Bonchev–Trinajstić information content (AvgIpc) is 2.84. The maximum Gasteiger partial charge on any atom is 0.251 e. The molecule has 1 aromatic rings. The Kier molecular flexibility index (Phi) is 18.3. The highest BCUT2D eigenvalue weighted by Gasteiger charge is 2.26. The lowest BCUT2D eigenvalue weighted by Crippen LogP contribution is -2.42. The van der Waals surface area contributed by atoms with Crippen molar-refractivity contribution in [2.45, 2.75) is 71.9 Å². The van der Waals surface area contributed by atoms with E-state index >= 15 is 0 Å². The molecule has 36 heavy (non-hydrogen) atoms. The van der Waals surface area contributed by atoms with Crippen molar-refractivity contribution in [1.29, 1.82) is 0 Å².